The van der Waals surface area contributed by atoms with Gasteiger partial charge in [0.25, 0.3) is 0 Å². The second-order valence-corrected chi connectivity index (χ2v) is 5.06. The molecule has 3 heteroatoms. The lowest BCUT2D eigenvalue weighted by atomic mass is 9.95. The number of rotatable bonds is 4. The van der Waals surface area contributed by atoms with Gasteiger partial charge in [0.15, 0.2) is 0 Å². The molecule has 1 fully saturated rings. The van der Waals surface area contributed by atoms with Gasteiger partial charge in [-0.15, -0.1) is 0 Å². The standard InChI is InChI=1S/C15H23NO2/c1-11-8-15(7-6-12(11)10-16)18-14-5-3-4-13(9-14)17-2/h6-8,13-14H,3-5,9-10,16H2,1-2H3. The Morgan fingerprint density at radius 2 is 2.06 bits per heavy atom. The Labute approximate surface area is 109 Å². The molecule has 2 unspecified atom stereocenters. The van der Waals surface area contributed by atoms with Crippen LogP contribution in [0.4, 0.5) is 0 Å². The van der Waals surface area contributed by atoms with Crippen molar-refractivity contribution in [2.45, 2.75) is 51.4 Å². The maximum absolute atomic E-state index is 6.05. The van der Waals surface area contributed by atoms with E-state index in [0.717, 1.165) is 25.0 Å². The third-order valence-corrected chi connectivity index (χ3v) is 3.75. The molecule has 1 aromatic rings. The second-order valence-electron chi connectivity index (χ2n) is 5.06. The molecule has 2 rings (SSSR count). The predicted molar refractivity (Wildman–Crippen MR) is 72.8 cm³/mol. The monoisotopic (exact) mass is 249 g/mol. The van der Waals surface area contributed by atoms with Gasteiger partial charge in [-0.05, 0) is 49.4 Å². The van der Waals surface area contributed by atoms with Crippen LogP contribution in [0.2, 0.25) is 0 Å². The molecule has 0 heterocycles. The summed E-state index contributed by atoms with van der Waals surface area (Å²) in [5.74, 6) is 0.950. The summed E-state index contributed by atoms with van der Waals surface area (Å²) in [5, 5.41) is 0. The van der Waals surface area contributed by atoms with E-state index in [0.29, 0.717) is 12.6 Å². The number of aryl methyl sites for hydroxylation is 1. The fraction of sp³-hybridized carbons (Fsp3) is 0.600. The summed E-state index contributed by atoms with van der Waals surface area (Å²) >= 11 is 0. The molecule has 0 saturated heterocycles. The van der Waals surface area contributed by atoms with Crippen LogP contribution >= 0.6 is 0 Å². The topological polar surface area (TPSA) is 44.5 Å². The summed E-state index contributed by atoms with van der Waals surface area (Å²) in [4.78, 5) is 0. The van der Waals surface area contributed by atoms with Crippen molar-refractivity contribution in [1.82, 2.24) is 0 Å². The lowest BCUT2D eigenvalue weighted by Gasteiger charge is -2.28. The molecule has 1 aliphatic rings. The first kappa shape index (κ1) is 13.4. The molecular weight excluding hydrogens is 226 g/mol. The molecule has 0 radical (unpaired) electrons. The fourth-order valence-corrected chi connectivity index (χ4v) is 2.59. The van der Waals surface area contributed by atoms with Gasteiger partial charge >= 0.3 is 0 Å². The molecule has 0 bridgehead atoms. The number of ether oxygens (including phenoxy) is 2. The molecule has 3 nitrogen and oxygen atoms in total. The Hall–Kier alpha value is -1.06. The molecule has 2 atom stereocenters. The first-order valence-electron chi connectivity index (χ1n) is 6.72. The van der Waals surface area contributed by atoms with Crippen LogP contribution in [0.1, 0.15) is 36.8 Å². The van der Waals surface area contributed by atoms with Crippen LogP contribution in [0.3, 0.4) is 0 Å². The molecule has 0 aromatic heterocycles. The molecule has 1 saturated carbocycles. The SMILES string of the molecule is COC1CCCC(Oc2ccc(CN)c(C)c2)C1. The zero-order valence-electron chi connectivity index (χ0n) is 11.3. The highest BCUT2D eigenvalue weighted by atomic mass is 16.5. The van der Waals surface area contributed by atoms with Gasteiger partial charge in [0, 0.05) is 20.1 Å². The van der Waals surface area contributed by atoms with Crippen LogP contribution < -0.4 is 10.5 Å². The van der Waals surface area contributed by atoms with E-state index in [1.54, 1.807) is 7.11 Å². The van der Waals surface area contributed by atoms with Gasteiger partial charge in [-0.25, -0.2) is 0 Å². The van der Waals surface area contributed by atoms with Crippen molar-refractivity contribution in [1.29, 1.82) is 0 Å². The second kappa shape index (κ2) is 6.21. The van der Waals surface area contributed by atoms with Crippen LogP contribution in [0.25, 0.3) is 0 Å². The Morgan fingerprint density at radius 3 is 2.72 bits per heavy atom. The van der Waals surface area contributed by atoms with E-state index < -0.39 is 0 Å². The highest BCUT2D eigenvalue weighted by Crippen LogP contribution is 2.26. The van der Waals surface area contributed by atoms with Gasteiger partial charge < -0.3 is 15.2 Å². The highest BCUT2D eigenvalue weighted by molar-refractivity contribution is 5.34. The highest BCUT2D eigenvalue weighted by Gasteiger charge is 2.23. The summed E-state index contributed by atoms with van der Waals surface area (Å²) in [6.45, 7) is 2.66. The summed E-state index contributed by atoms with van der Waals surface area (Å²) in [6.07, 6.45) is 5.09. The van der Waals surface area contributed by atoms with E-state index >= 15 is 0 Å². The van der Waals surface area contributed by atoms with Gasteiger partial charge in [-0.3, -0.25) is 0 Å². The molecule has 0 spiro atoms. The van der Waals surface area contributed by atoms with Gasteiger partial charge in [-0.1, -0.05) is 6.07 Å². The molecule has 1 aromatic carbocycles. The molecule has 1 aliphatic carbocycles. The number of nitrogens with two attached hydrogens (primary N) is 1. The minimum absolute atomic E-state index is 0.284. The van der Waals surface area contributed by atoms with E-state index in [1.165, 1.54) is 17.5 Å². The van der Waals surface area contributed by atoms with E-state index in [9.17, 15) is 0 Å². The summed E-state index contributed by atoms with van der Waals surface area (Å²) in [7, 11) is 1.78. The van der Waals surface area contributed by atoms with Crippen molar-refractivity contribution in [2.75, 3.05) is 7.11 Å². The Morgan fingerprint density at radius 1 is 1.28 bits per heavy atom. The third kappa shape index (κ3) is 3.24. The lowest BCUT2D eigenvalue weighted by Crippen LogP contribution is -2.29. The summed E-state index contributed by atoms with van der Waals surface area (Å²) < 4.78 is 11.5. The van der Waals surface area contributed by atoms with Gasteiger partial charge in [0.05, 0.1) is 6.10 Å². The van der Waals surface area contributed by atoms with Gasteiger partial charge in [0.1, 0.15) is 11.9 Å². The predicted octanol–water partition coefficient (Wildman–Crippen LogP) is 2.79. The lowest BCUT2D eigenvalue weighted by molar-refractivity contribution is 0.0209. The Balaban J connectivity index is 1.98. The first-order valence-corrected chi connectivity index (χ1v) is 6.72. The molecule has 2 N–H and O–H groups in total. The maximum atomic E-state index is 6.05. The summed E-state index contributed by atoms with van der Waals surface area (Å²) in [5.41, 5.74) is 8.05. The first-order chi connectivity index (χ1) is 8.72. The van der Waals surface area contributed by atoms with Crippen molar-refractivity contribution in [3.8, 4) is 5.75 Å². The average Bonchev–Trinajstić information content (AvgIpc) is 2.39. The van der Waals surface area contributed by atoms with Crippen LogP contribution in [-0.4, -0.2) is 19.3 Å². The normalized spacial score (nSPS) is 23.9. The van der Waals surface area contributed by atoms with E-state index in [1.807, 2.05) is 6.07 Å². The zero-order chi connectivity index (χ0) is 13.0. The van der Waals surface area contributed by atoms with Crippen LogP contribution in [0, 0.1) is 6.92 Å². The van der Waals surface area contributed by atoms with Crippen molar-refractivity contribution in [3.05, 3.63) is 29.3 Å². The number of hydrogen-bond donors (Lipinski definition) is 1. The Kier molecular flexibility index (Phi) is 4.61. The fourth-order valence-electron chi connectivity index (χ4n) is 2.59. The van der Waals surface area contributed by atoms with Crippen molar-refractivity contribution < 1.29 is 9.47 Å². The van der Waals surface area contributed by atoms with Crippen molar-refractivity contribution >= 4 is 0 Å². The van der Waals surface area contributed by atoms with Crippen LogP contribution in [-0.2, 0) is 11.3 Å². The minimum atomic E-state index is 0.284. The molecule has 0 amide bonds. The smallest absolute Gasteiger partial charge is 0.120 e. The van der Waals surface area contributed by atoms with Crippen LogP contribution in [0.15, 0.2) is 18.2 Å². The quantitative estimate of drug-likeness (QED) is 0.892. The van der Waals surface area contributed by atoms with Gasteiger partial charge in [-0.2, -0.15) is 0 Å². The molecule has 0 aliphatic heterocycles. The Bertz CT molecular complexity index is 392. The molecule has 18 heavy (non-hydrogen) atoms. The minimum Gasteiger partial charge on any atom is -0.490 e. The van der Waals surface area contributed by atoms with Crippen LogP contribution in [0.5, 0.6) is 5.75 Å². The molecule has 100 valence electrons. The van der Waals surface area contributed by atoms with Crippen molar-refractivity contribution in [2.24, 2.45) is 5.73 Å². The number of methoxy groups -OCH3 is 1. The number of hydrogen-bond acceptors (Lipinski definition) is 3. The van der Waals surface area contributed by atoms with E-state index in [2.05, 4.69) is 19.1 Å². The van der Waals surface area contributed by atoms with E-state index in [4.69, 9.17) is 15.2 Å². The number of benzene rings is 1. The van der Waals surface area contributed by atoms with E-state index in [-0.39, 0.29) is 6.10 Å². The maximum Gasteiger partial charge on any atom is 0.120 e. The molecular formula is C15H23NO2. The third-order valence-electron chi connectivity index (χ3n) is 3.75. The largest absolute Gasteiger partial charge is 0.490 e. The van der Waals surface area contributed by atoms with Gasteiger partial charge in [0.2, 0.25) is 0 Å². The average molecular weight is 249 g/mol. The zero-order valence-corrected chi connectivity index (χ0v) is 11.3. The van der Waals surface area contributed by atoms with Crippen molar-refractivity contribution in [3.63, 3.8) is 0 Å². The summed E-state index contributed by atoms with van der Waals surface area (Å²) in [6, 6.07) is 6.16.